The van der Waals surface area contributed by atoms with Crippen molar-refractivity contribution in [2.75, 3.05) is 17.9 Å². The Bertz CT molecular complexity index is 1290. The number of sulfonamides is 1. The van der Waals surface area contributed by atoms with Crippen LogP contribution >= 0.6 is 0 Å². The second-order valence-electron chi connectivity index (χ2n) is 8.89. The largest absolute Gasteiger partial charge is 0.357 e. The van der Waals surface area contributed by atoms with Crippen LogP contribution in [0.5, 0.6) is 0 Å². The molecule has 1 atom stereocenters. The Kier molecular flexibility index (Phi) is 9.47. The Balaban J connectivity index is 2.04. The number of rotatable bonds is 11. The number of nitrogens with one attached hydrogen (secondary N) is 1. The minimum absolute atomic E-state index is 0.0887. The van der Waals surface area contributed by atoms with Crippen molar-refractivity contribution in [3.8, 4) is 0 Å². The normalized spacial score (nSPS) is 12.0. The highest BCUT2D eigenvalue weighted by atomic mass is 32.2. The summed E-state index contributed by atoms with van der Waals surface area (Å²) in [5.74, 6) is -0.761. The molecule has 3 aromatic rings. The van der Waals surface area contributed by atoms with Gasteiger partial charge in [-0.25, -0.2) is 8.42 Å². The number of benzene rings is 3. The molecule has 37 heavy (non-hydrogen) atoms. The van der Waals surface area contributed by atoms with Crippen molar-refractivity contribution >= 4 is 27.5 Å². The fourth-order valence-corrected chi connectivity index (χ4v) is 5.56. The van der Waals surface area contributed by atoms with Gasteiger partial charge in [0.05, 0.1) is 10.6 Å². The predicted molar refractivity (Wildman–Crippen MR) is 147 cm³/mol. The maximum atomic E-state index is 13.9. The molecule has 0 bridgehead atoms. The van der Waals surface area contributed by atoms with E-state index in [2.05, 4.69) is 5.32 Å². The molecule has 0 heterocycles. The number of aryl methyl sites for hydroxylation is 2. The Labute approximate surface area is 220 Å². The van der Waals surface area contributed by atoms with Crippen LogP contribution in [-0.4, -0.2) is 44.8 Å². The fraction of sp³-hybridized carbons (Fsp3) is 0.310. The molecule has 0 saturated heterocycles. The first-order valence-electron chi connectivity index (χ1n) is 12.4. The van der Waals surface area contributed by atoms with Crippen LogP contribution in [0.25, 0.3) is 0 Å². The van der Waals surface area contributed by atoms with E-state index in [1.54, 1.807) is 30.3 Å². The summed E-state index contributed by atoms with van der Waals surface area (Å²) in [7, 11) is -2.52. The van der Waals surface area contributed by atoms with Gasteiger partial charge in [-0.15, -0.1) is 0 Å². The molecule has 196 valence electrons. The van der Waals surface area contributed by atoms with Gasteiger partial charge < -0.3 is 10.2 Å². The van der Waals surface area contributed by atoms with Crippen molar-refractivity contribution in [3.05, 3.63) is 95.6 Å². The molecule has 0 unspecified atom stereocenters. The number of hydrogen-bond acceptors (Lipinski definition) is 4. The summed E-state index contributed by atoms with van der Waals surface area (Å²) >= 11 is 0. The topological polar surface area (TPSA) is 86.8 Å². The van der Waals surface area contributed by atoms with Gasteiger partial charge in [-0.3, -0.25) is 13.9 Å². The minimum atomic E-state index is -4.05. The second kappa shape index (κ2) is 12.5. The smallest absolute Gasteiger partial charge is 0.264 e. The highest BCUT2D eigenvalue weighted by Crippen LogP contribution is 2.25. The van der Waals surface area contributed by atoms with E-state index in [0.29, 0.717) is 12.1 Å². The molecule has 7 nitrogen and oxygen atoms in total. The van der Waals surface area contributed by atoms with Crippen LogP contribution in [0.2, 0.25) is 0 Å². The zero-order valence-corrected chi connectivity index (χ0v) is 22.7. The summed E-state index contributed by atoms with van der Waals surface area (Å²) in [4.78, 5) is 28.2. The summed E-state index contributed by atoms with van der Waals surface area (Å²) in [5, 5.41) is 2.64. The average molecular weight is 522 g/mol. The summed E-state index contributed by atoms with van der Waals surface area (Å²) < 4.78 is 28.6. The Morgan fingerprint density at radius 3 is 2.00 bits per heavy atom. The third-order valence-corrected chi connectivity index (χ3v) is 8.14. The monoisotopic (exact) mass is 521 g/mol. The van der Waals surface area contributed by atoms with Crippen LogP contribution in [0, 0.1) is 6.92 Å². The lowest BCUT2D eigenvalue weighted by Crippen LogP contribution is -2.51. The van der Waals surface area contributed by atoms with Crippen molar-refractivity contribution in [2.45, 2.75) is 51.1 Å². The van der Waals surface area contributed by atoms with Gasteiger partial charge >= 0.3 is 0 Å². The number of anilines is 1. The van der Waals surface area contributed by atoms with E-state index in [-0.39, 0.29) is 17.3 Å². The third-order valence-electron chi connectivity index (χ3n) is 6.35. The summed E-state index contributed by atoms with van der Waals surface area (Å²) in [5.41, 5.74) is 3.37. The molecule has 0 aromatic heterocycles. The fourth-order valence-electron chi connectivity index (χ4n) is 4.12. The van der Waals surface area contributed by atoms with Gasteiger partial charge in [0.15, 0.2) is 0 Å². The van der Waals surface area contributed by atoms with E-state index in [4.69, 9.17) is 0 Å². The van der Waals surface area contributed by atoms with Crippen LogP contribution in [0.4, 0.5) is 5.69 Å². The van der Waals surface area contributed by atoms with E-state index >= 15 is 0 Å². The first-order valence-corrected chi connectivity index (χ1v) is 13.9. The molecule has 0 aliphatic heterocycles. The van der Waals surface area contributed by atoms with Gasteiger partial charge in [-0.1, -0.05) is 74.0 Å². The molecule has 2 amide bonds. The quantitative estimate of drug-likeness (QED) is 0.408. The highest BCUT2D eigenvalue weighted by Gasteiger charge is 2.33. The number of likely N-dealkylation sites (N-methyl/N-ethyl adjacent to an activating group) is 1. The number of amides is 2. The SMILES string of the molecule is CCc1ccc(N(CC(=O)N(Cc2ccc(C)cc2)[C@H](CC)C(=O)NC)S(=O)(=O)c2ccccc2)cc1. The molecule has 0 radical (unpaired) electrons. The minimum Gasteiger partial charge on any atom is -0.357 e. The molecular weight excluding hydrogens is 486 g/mol. The molecule has 0 fully saturated rings. The lowest BCUT2D eigenvalue weighted by molar-refractivity contribution is -0.140. The third kappa shape index (κ3) is 6.77. The highest BCUT2D eigenvalue weighted by molar-refractivity contribution is 7.92. The maximum Gasteiger partial charge on any atom is 0.264 e. The van der Waals surface area contributed by atoms with Crippen molar-refractivity contribution in [3.63, 3.8) is 0 Å². The standard InChI is InChI=1S/C29H35N3O4S/c1-5-23-16-18-25(19-17-23)32(37(35,36)26-10-8-7-9-11-26)21-28(33)31(27(6-2)29(34)30-4)20-24-14-12-22(3)13-15-24/h7-19,27H,5-6,20-21H2,1-4H3,(H,30,34)/t27-/m1/s1. The predicted octanol–water partition coefficient (Wildman–Crippen LogP) is 4.31. The van der Waals surface area contributed by atoms with Gasteiger partial charge in [-0.05, 0) is 55.2 Å². The zero-order valence-electron chi connectivity index (χ0n) is 21.8. The Morgan fingerprint density at radius 1 is 0.865 bits per heavy atom. The maximum absolute atomic E-state index is 13.9. The molecule has 0 spiro atoms. The molecule has 8 heteroatoms. The lowest BCUT2D eigenvalue weighted by atomic mass is 10.1. The first kappa shape index (κ1) is 27.9. The van der Waals surface area contributed by atoms with Crippen LogP contribution in [0.3, 0.4) is 0 Å². The Morgan fingerprint density at radius 2 is 1.46 bits per heavy atom. The second-order valence-corrected chi connectivity index (χ2v) is 10.8. The number of nitrogens with zero attached hydrogens (tertiary/aromatic N) is 2. The van der Waals surface area contributed by atoms with E-state index < -0.39 is 28.5 Å². The molecule has 0 saturated carbocycles. The number of hydrogen-bond donors (Lipinski definition) is 1. The van der Waals surface area contributed by atoms with Crippen LogP contribution in [0.15, 0.2) is 83.8 Å². The van der Waals surface area contributed by atoms with Crippen LogP contribution in [-0.2, 0) is 32.6 Å². The molecular formula is C29H35N3O4S. The van der Waals surface area contributed by atoms with Crippen molar-refractivity contribution < 1.29 is 18.0 Å². The number of carbonyl (C=O) groups is 2. The summed E-state index contributed by atoms with van der Waals surface area (Å²) in [6.07, 6.45) is 1.19. The molecule has 0 aliphatic carbocycles. The lowest BCUT2D eigenvalue weighted by Gasteiger charge is -2.33. The van der Waals surface area contributed by atoms with E-state index in [0.717, 1.165) is 27.4 Å². The molecule has 3 rings (SSSR count). The van der Waals surface area contributed by atoms with Gasteiger partial charge in [0, 0.05) is 13.6 Å². The van der Waals surface area contributed by atoms with Crippen molar-refractivity contribution in [1.29, 1.82) is 0 Å². The molecule has 0 aliphatic rings. The Hall–Kier alpha value is -3.65. The van der Waals surface area contributed by atoms with Gasteiger partial charge in [-0.2, -0.15) is 0 Å². The zero-order chi connectivity index (χ0) is 27.0. The van der Waals surface area contributed by atoms with Crippen molar-refractivity contribution in [1.82, 2.24) is 10.2 Å². The number of carbonyl (C=O) groups excluding carboxylic acids is 2. The molecule has 1 N–H and O–H groups in total. The molecule has 3 aromatic carbocycles. The van der Waals surface area contributed by atoms with E-state index in [9.17, 15) is 18.0 Å². The van der Waals surface area contributed by atoms with Gasteiger partial charge in [0.25, 0.3) is 10.0 Å². The summed E-state index contributed by atoms with van der Waals surface area (Å²) in [6, 6.07) is 22.2. The van der Waals surface area contributed by atoms with E-state index in [1.165, 1.54) is 24.1 Å². The summed E-state index contributed by atoms with van der Waals surface area (Å²) in [6.45, 7) is 5.56. The first-order chi connectivity index (χ1) is 17.7. The van der Waals surface area contributed by atoms with Gasteiger partial charge in [0.1, 0.15) is 12.6 Å². The van der Waals surface area contributed by atoms with E-state index in [1.807, 2.05) is 57.2 Å². The average Bonchev–Trinajstić information content (AvgIpc) is 2.92. The van der Waals surface area contributed by atoms with Gasteiger partial charge in [0.2, 0.25) is 11.8 Å². The van der Waals surface area contributed by atoms with Crippen molar-refractivity contribution in [2.24, 2.45) is 0 Å². The van der Waals surface area contributed by atoms with Crippen LogP contribution in [0.1, 0.15) is 37.0 Å². The van der Waals surface area contributed by atoms with Crippen LogP contribution < -0.4 is 9.62 Å².